The van der Waals surface area contributed by atoms with Crippen molar-refractivity contribution in [1.29, 1.82) is 0 Å². The Balaban J connectivity index is 2.02. The van der Waals surface area contributed by atoms with Crippen molar-refractivity contribution in [3.05, 3.63) is 95.8 Å². The first-order valence-corrected chi connectivity index (χ1v) is 7.11. The van der Waals surface area contributed by atoms with Crippen molar-refractivity contribution in [3.8, 4) is 0 Å². The topological polar surface area (TPSA) is 24.9 Å². The fourth-order valence-corrected chi connectivity index (χ4v) is 2.51. The van der Waals surface area contributed by atoms with Crippen LogP contribution in [-0.2, 0) is 0 Å². The van der Waals surface area contributed by atoms with Gasteiger partial charge in [0.25, 0.3) is 0 Å². The van der Waals surface area contributed by atoms with Gasteiger partial charge in [-0.3, -0.25) is 4.98 Å². The minimum absolute atomic E-state index is 0.122. The summed E-state index contributed by atoms with van der Waals surface area (Å²) in [7, 11) is 0. The van der Waals surface area contributed by atoms with Gasteiger partial charge in [-0.25, -0.2) is 0 Å². The van der Waals surface area contributed by atoms with Gasteiger partial charge >= 0.3 is 0 Å². The fraction of sp³-hybridized carbons (Fsp3) is 0.105. The number of hydrogen-bond acceptors (Lipinski definition) is 2. The van der Waals surface area contributed by atoms with Crippen LogP contribution in [0.1, 0.15) is 22.7 Å². The van der Waals surface area contributed by atoms with Gasteiger partial charge in [0.2, 0.25) is 0 Å². The minimum Gasteiger partial charge on any atom is -0.373 e. The molecule has 0 aliphatic heterocycles. The van der Waals surface area contributed by atoms with Gasteiger partial charge in [-0.05, 0) is 35.7 Å². The third-order valence-electron chi connectivity index (χ3n) is 3.60. The lowest BCUT2D eigenvalue weighted by molar-refractivity contribution is 0.924. The number of pyridine rings is 1. The summed E-state index contributed by atoms with van der Waals surface area (Å²) in [6.45, 7) is 2.15. The summed E-state index contributed by atoms with van der Waals surface area (Å²) in [6, 6.07) is 23.1. The lowest BCUT2D eigenvalue weighted by atomic mass is 9.95. The zero-order chi connectivity index (χ0) is 14.5. The summed E-state index contributed by atoms with van der Waals surface area (Å²) >= 11 is 0. The number of rotatable bonds is 4. The van der Waals surface area contributed by atoms with E-state index in [1.807, 2.05) is 24.4 Å². The van der Waals surface area contributed by atoms with Crippen LogP contribution in [0.2, 0.25) is 0 Å². The van der Waals surface area contributed by atoms with Crippen molar-refractivity contribution >= 4 is 5.69 Å². The Labute approximate surface area is 125 Å². The van der Waals surface area contributed by atoms with E-state index in [1.165, 1.54) is 16.7 Å². The van der Waals surface area contributed by atoms with Crippen LogP contribution >= 0.6 is 0 Å². The van der Waals surface area contributed by atoms with Gasteiger partial charge in [0.15, 0.2) is 0 Å². The first-order valence-electron chi connectivity index (χ1n) is 7.11. The van der Waals surface area contributed by atoms with Crippen LogP contribution in [0.25, 0.3) is 0 Å². The van der Waals surface area contributed by atoms with Gasteiger partial charge in [-0.1, -0.05) is 54.6 Å². The molecule has 1 N–H and O–H groups in total. The minimum atomic E-state index is 0.122. The molecule has 0 fully saturated rings. The number of nitrogens with zero attached hydrogens (tertiary/aromatic N) is 1. The summed E-state index contributed by atoms with van der Waals surface area (Å²) in [6.07, 6.45) is 3.64. The zero-order valence-corrected chi connectivity index (χ0v) is 12.0. The van der Waals surface area contributed by atoms with Crippen molar-refractivity contribution in [3.63, 3.8) is 0 Å². The van der Waals surface area contributed by atoms with E-state index in [0.29, 0.717) is 0 Å². The van der Waals surface area contributed by atoms with Gasteiger partial charge in [0, 0.05) is 12.4 Å². The van der Waals surface area contributed by atoms with Gasteiger partial charge in [-0.2, -0.15) is 0 Å². The Bertz CT molecular complexity index is 693. The van der Waals surface area contributed by atoms with Gasteiger partial charge in [0.05, 0.1) is 11.7 Å². The zero-order valence-electron chi connectivity index (χ0n) is 12.0. The van der Waals surface area contributed by atoms with Crippen molar-refractivity contribution in [2.24, 2.45) is 0 Å². The fourth-order valence-electron chi connectivity index (χ4n) is 2.51. The molecular weight excluding hydrogens is 256 g/mol. The maximum Gasteiger partial charge on any atom is 0.0770 e. The Morgan fingerprint density at radius 1 is 0.857 bits per heavy atom. The molecule has 2 heteroatoms. The van der Waals surface area contributed by atoms with Crippen LogP contribution in [0.15, 0.2) is 79.1 Å². The van der Waals surface area contributed by atoms with Crippen LogP contribution < -0.4 is 5.32 Å². The first kappa shape index (κ1) is 13.4. The highest BCUT2D eigenvalue weighted by Crippen LogP contribution is 2.28. The predicted molar refractivity (Wildman–Crippen MR) is 87.3 cm³/mol. The van der Waals surface area contributed by atoms with Gasteiger partial charge < -0.3 is 5.32 Å². The highest BCUT2D eigenvalue weighted by molar-refractivity contribution is 5.49. The molecule has 3 aromatic rings. The van der Waals surface area contributed by atoms with E-state index < -0.39 is 0 Å². The summed E-state index contributed by atoms with van der Waals surface area (Å²) in [5.74, 6) is 0. The monoisotopic (exact) mass is 274 g/mol. The Kier molecular flexibility index (Phi) is 3.97. The van der Waals surface area contributed by atoms with E-state index in [9.17, 15) is 0 Å². The molecule has 1 atom stereocenters. The van der Waals surface area contributed by atoms with Crippen molar-refractivity contribution in [2.75, 3.05) is 5.32 Å². The molecule has 1 heterocycles. The van der Waals surface area contributed by atoms with E-state index in [1.54, 1.807) is 6.20 Å². The molecule has 21 heavy (non-hydrogen) atoms. The normalized spacial score (nSPS) is 11.9. The van der Waals surface area contributed by atoms with Gasteiger partial charge in [0.1, 0.15) is 0 Å². The molecule has 0 spiro atoms. The van der Waals surface area contributed by atoms with Crippen molar-refractivity contribution in [2.45, 2.75) is 13.0 Å². The summed E-state index contributed by atoms with van der Waals surface area (Å²) < 4.78 is 0. The molecule has 2 aromatic carbocycles. The van der Waals surface area contributed by atoms with Crippen LogP contribution in [0.3, 0.4) is 0 Å². The molecule has 0 radical (unpaired) electrons. The Morgan fingerprint density at radius 2 is 1.62 bits per heavy atom. The third-order valence-corrected chi connectivity index (χ3v) is 3.60. The molecule has 2 nitrogen and oxygen atoms in total. The summed E-state index contributed by atoms with van der Waals surface area (Å²) in [5.41, 5.74) is 4.83. The van der Waals surface area contributed by atoms with Crippen LogP contribution in [0, 0.1) is 6.92 Å². The number of anilines is 1. The second kappa shape index (κ2) is 6.23. The van der Waals surface area contributed by atoms with Crippen molar-refractivity contribution < 1.29 is 0 Å². The molecule has 1 aromatic heterocycles. The van der Waals surface area contributed by atoms with Crippen molar-refractivity contribution in [1.82, 2.24) is 4.98 Å². The third kappa shape index (κ3) is 3.11. The molecule has 1 unspecified atom stereocenters. The van der Waals surface area contributed by atoms with E-state index in [2.05, 4.69) is 65.8 Å². The Hall–Kier alpha value is -2.61. The van der Waals surface area contributed by atoms with Crippen LogP contribution in [0.4, 0.5) is 5.69 Å². The summed E-state index contributed by atoms with van der Waals surface area (Å²) in [4.78, 5) is 4.19. The second-order valence-corrected chi connectivity index (χ2v) is 5.09. The van der Waals surface area contributed by atoms with E-state index >= 15 is 0 Å². The predicted octanol–water partition coefficient (Wildman–Crippen LogP) is 4.59. The van der Waals surface area contributed by atoms with E-state index in [4.69, 9.17) is 0 Å². The SMILES string of the molecule is Cc1ccccc1C(Nc1cccnc1)c1ccccc1. The number of hydrogen-bond donors (Lipinski definition) is 1. The quantitative estimate of drug-likeness (QED) is 0.752. The van der Waals surface area contributed by atoms with E-state index in [0.717, 1.165) is 5.69 Å². The number of nitrogens with one attached hydrogen (secondary N) is 1. The highest BCUT2D eigenvalue weighted by Gasteiger charge is 2.15. The van der Waals surface area contributed by atoms with E-state index in [-0.39, 0.29) is 6.04 Å². The second-order valence-electron chi connectivity index (χ2n) is 5.09. The van der Waals surface area contributed by atoms with Crippen LogP contribution in [-0.4, -0.2) is 4.98 Å². The first-order chi connectivity index (χ1) is 10.3. The molecule has 0 saturated heterocycles. The standard InChI is InChI=1S/C19H18N2/c1-15-8-5-6-12-18(15)19(16-9-3-2-4-10-16)21-17-11-7-13-20-14-17/h2-14,19,21H,1H3. The largest absolute Gasteiger partial charge is 0.373 e. The van der Waals surface area contributed by atoms with Crippen LogP contribution in [0.5, 0.6) is 0 Å². The highest BCUT2D eigenvalue weighted by atomic mass is 14.9. The molecular formula is C19H18N2. The molecule has 0 aliphatic carbocycles. The molecule has 104 valence electrons. The molecule has 3 rings (SSSR count). The number of aryl methyl sites for hydroxylation is 1. The number of benzene rings is 2. The lowest BCUT2D eigenvalue weighted by Crippen LogP contribution is -2.13. The maximum atomic E-state index is 4.19. The average molecular weight is 274 g/mol. The number of aromatic nitrogens is 1. The Morgan fingerprint density at radius 3 is 2.33 bits per heavy atom. The molecule has 0 bridgehead atoms. The molecule has 0 aliphatic rings. The smallest absolute Gasteiger partial charge is 0.0770 e. The van der Waals surface area contributed by atoms with Gasteiger partial charge in [-0.15, -0.1) is 0 Å². The summed E-state index contributed by atoms with van der Waals surface area (Å²) in [5, 5.41) is 3.59. The lowest BCUT2D eigenvalue weighted by Gasteiger charge is -2.22. The average Bonchev–Trinajstić information content (AvgIpc) is 2.55. The molecule has 0 saturated carbocycles. The maximum absolute atomic E-state index is 4.19. The molecule has 0 amide bonds.